The number of halogens is 2. The van der Waals surface area contributed by atoms with Crippen molar-refractivity contribution in [3.8, 4) is 0 Å². The van der Waals surface area contributed by atoms with Crippen molar-refractivity contribution in [1.82, 2.24) is 0 Å². The van der Waals surface area contributed by atoms with Crippen LogP contribution in [0.2, 0.25) is 0 Å². The van der Waals surface area contributed by atoms with E-state index in [-0.39, 0.29) is 24.8 Å². The van der Waals surface area contributed by atoms with Crippen molar-refractivity contribution in [2.45, 2.75) is 26.7 Å². The van der Waals surface area contributed by atoms with Gasteiger partial charge in [0.2, 0.25) is 0 Å². The summed E-state index contributed by atoms with van der Waals surface area (Å²) in [5.41, 5.74) is 16.6. The molecule has 176 valence electrons. The zero-order chi connectivity index (χ0) is 21.3. The van der Waals surface area contributed by atoms with Gasteiger partial charge in [0.25, 0.3) is 0 Å². The molecule has 1 fully saturated rings. The minimum atomic E-state index is 0. The molecule has 3 rings (SSSR count). The molecule has 0 atom stereocenters. The monoisotopic (exact) mass is 478 g/mol. The molecule has 2 aromatic rings. The number of aliphatic imine (C=N–C) groups is 2. The number of hydrogen-bond donors (Lipinski definition) is 2. The average molecular weight is 480 g/mol. The van der Waals surface area contributed by atoms with Gasteiger partial charge in [-0.3, -0.25) is 9.98 Å². The first-order chi connectivity index (χ1) is 14.6. The van der Waals surface area contributed by atoms with Crippen LogP contribution in [0.15, 0.2) is 58.5 Å². The van der Waals surface area contributed by atoms with E-state index in [1.54, 1.807) is 0 Å². The van der Waals surface area contributed by atoms with Crippen molar-refractivity contribution in [1.29, 1.82) is 0 Å². The first-order valence-electron chi connectivity index (χ1n) is 10.9. The molecule has 1 heterocycles. The summed E-state index contributed by atoms with van der Waals surface area (Å²) in [7, 11) is 0. The second-order valence-corrected chi connectivity index (χ2v) is 7.60. The molecule has 0 aromatic heterocycles. The van der Waals surface area contributed by atoms with Crippen molar-refractivity contribution in [2.75, 3.05) is 49.1 Å². The van der Waals surface area contributed by atoms with Crippen LogP contribution in [0.5, 0.6) is 0 Å². The van der Waals surface area contributed by atoms with E-state index in [0.717, 1.165) is 63.2 Å². The molecule has 0 saturated carbocycles. The van der Waals surface area contributed by atoms with Crippen LogP contribution in [0, 0.1) is 0 Å². The van der Waals surface area contributed by atoms with Crippen LogP contribution >= 0.6 is 24.8 Å². The molecule has 6 nitrogen and oxygen atoms in total. The molecule has 0 radical (unpaired) electrons. The molecule has 0 spiro atoms. The number of nitrogens with two attached hydrogens (primary N) is 2. The van der Waals surface area contributed by atoms with E-state index in [0.29, 0.717) is 11.7 Å². The molecular weight excluding hydrogens is 443 g/mol. The van der Waals surface area contributed by atoms with Crippen LogP contribution < -0.4 is 21.3 Å². The lowest BCUT2D eigenvalue weighted by molar-refractivity contribution is 0.653. The standard InChI is InChI=1S/C24H34N6.2ClH/c1-3-13-27-23(25)19-5-9-21(10-6-19)29-15-17-30(18-16-29)22-11-7-20(8-12-22)24(26)28-14-4-2;;/h5-12H,3-4,13-18H2,1-2H3,(H2,25,27)(H2,26,28);2*1H. The highest BCUT2D eigenvalue weighted by Crippen LogP contribution is 2.21. The molecule has 0 unspecified atom stereocenters. The molecule has 8 heteroatoms. The first-order valence-corrected chi connectivity index (χ1v) is 10.9. The Bertz CT molecular complexity index is 784. The Kier molecular flexibility index (Phi) is 12.0. The van der Waals surface area contributed by atoms with Crippen LogP contribution in [0.3, 0.4) is 0 Å². The molecule has 2 aromatic carbocycles. The van der Waals surface area contributed by atoms with Crippen molar-refractivity contribution in [2.24, 2.45) is 21.5 Å². The van der Waals surface area contributed by atoms with Gasteiger partial charge in [-0.15, -0.1) is 24.8 Å². The Morgan fingerprint density at radius 1 is 0.656 bits per heavy atom. The van der Waals surface area contributed by atoms with Crippen molar-refractivity contribution < 1.29 is 0 Å². The third kappa shape index (κ3) is 7.31. The van der Waals surface area contributed by atoms with Gasteiger partial charge in [0, 0.05) is 61.8 Å². The second kappa shape index (κ2) is 13.9. The van der Waals surface area contributed by atoms with Gasteiger partial charge in [0.15, 0.2) is 0 Å². The summed E-state index contributed by atoms with van der Waals surface area (Å²) in [5, 5.41) is 0. The molecule has 4 N–H and O–H groups in total. The molecule has 1 aliphatic heterocycles. The third-order valence-corrected chi connectivity index (χ3v) is 5.35. The lowest BCUT2D eigenvalue weighted by Gasteiger charge is -2.37. The zero-order valence-corrected chi connectivity index (χ0v) is 20.7. The van der Waals surface area contributed by atoms with E-state index in [4.69, 9.17) is 11.5 Å². The van der Waals surface area contributed by atoms with E-state index in [9.17, 15) is 0 Å². The molecule has 1 saturated heterocycles. The Hall–Kier alpha value is -2.44. The highest BCUT2D eigenvalue weighted by molar-refractivity contribution is 5.98. The van der Waals surface area contributed by atoms with Gasteiger partial charge in [-0.05, 0) is 61.4 Å². The molecule has 0 bridgehead atoms. The summed E-state index contributed by atoms with van der Waals surface area (Å²) < 4.78 is 0. The lowest BCUT2D eigenvalue weighted by Crippen LogP contribution is -2.46. The molecule has 1 aliphatic rings. The number of rotatable bonds is 8. The van der Waals surface area contributed by atoms with Gasteiger partial charge in [-0.1, -0.05) is 13.8 Å². The minimum absolute atomic E-state index is 0. The molecule has 0 amide bonds. The average Bonchev–Trinajstić information content (AvgIpc) is 2.81. The first kappa shape index (κ1) is 27.6. The van der Waals surface area contributed by atoms with Crippen molar-refractivity contribution >= 4 is 47.9 Å². The van der Waals surface area contributed by atoms with E-state index in [1.165, 1.54) is 11.4 Å². The lowest BCUT2D eigenvalue weighted by atomic mass is 10.1. The summed E-state index contributed by atoms with van der Waals surface area (Å²) >= 11 is 0. The predicted octanol–water partition coefficient (Wildman–Crippen LogP) is 4.09. The summed E-state index contributed by atoms with van der Waals surface area (Å²) in [6, 6.07) is 16.9. The van der Waals surface area contributed by atoms with E-state index < -0.39 is 0 Å². The Morgan fingerprint density at radius 2 is 0.969 bits per heavy atom. The van der Waals surface area contributed by atoms with Crippen LogP contribution in [0.4, 0.5) is 11.4 Å². The van der Waals surface area contributed by atoms with Crippen molar-refractivity contribution in [3.05, 3.63) is 59.7 Å². The smallest absolute Gasteiger partial charge is 0.125 e. The minimum Gasteiger partial charge on any atom is -0.384 e. The summed E-state index contributed by atoms with van der Waals surface area (Å²) in [5.74, 6) is 1.24. The number of piperazine rings is 1. The van der Waals surface area contributed by atoms with Gasteiger partial charge < -0.3 is 21.3 Å². The predicted molar refractivity (Wildman–Crippen MR) is 144 cm³/mol. The van der Waals surface area contributed by atoms with Crippen LogP contribution in [-0.4, -0.2) is 50.9 Å². The fourth-order valence-electron chi connectivity index (χ4n) is 3.56. The summed E-state index contributed by atoms with van der Waals surface area (Å²) in [6.45, 7) is 9.70. The quantitative estimate of drug-likeness (QED) is 0.441. The van der Waals surface area contributed by atoms with Crippen LogP contribution in [0.1, 0.15) is 37.8 Å². The molecule has 0 aliphatic carbocycles. The summed E-state index contributed by atoms with van der Waals surface area (Å²) in [6.07, 6.45) is 2.01. The van der Waals surface area contributed by atoms with E-state index in [2.05, 4.69) is 82.2 Å². The number of nitrogens with zero attached hydrogens (tertiary/aromatic N) is 4. The SMILES string of the molecule is CCCN=C(N)c1ccc(N2CCN(c3ccc(C(N)=NCCC)cc3)CC2)cc1.Cl.Cl. The molecular formula is C24H36Cl2N6. The topological polar surface area (TPSA) is 83.2 Å². The fourth-order valence-corrected chi connectivity index (χ4v) is 3.56. The zero-order valence-electron chi connectivity index (χ0n) is 19.0. The van der Waals surface area contributed by atoms with E-state index >= 15 is 0 Å². The maximum Gasteiger partial charge on any atom is 0.125 e. The fraction of sp³-hybridized carbons (Fsp3) is 0.417. The number of benzene rings is 2. The van der Waals surface area contributed by atoms with Gasteiger partial charge in [0.05, 0.1) is 0 Å². The maximum atomic E-state index is 6.06. The number of amidine groups is 2. The maximum absolute atomic E-state index is 6.06. The number of hydrogen-bond acceptors (Lipinski definition) is 4. The second-order valence-electron chi connectivity index (χ2n) is 7.60. The highest BCUT2D eigenvalue weighted by atomic mass is 35.5. The Balaban J connectivity index is 0.00000256. The Morgan fingerprint density at radius 3 is 1.25 bits per heavy atom. The molecule has 32 heavy (non-hydrogen) atoms. The van der Waals surface area contributed by atoms with Gasteiger partial charge in [-0.2, -0.15) is 0 Å². The third-order valence-electron chi connectivity index (χ3n) is 5.35. The largest absolute Gasteiger partial charge is 0.384 e. The Labute approximate surface area is 204 Å². The van der Waals surface area contributed by atoms with Crippen molar-refractivity contribution in [3.63, 3.8) is 0 Å². The van der Waals surface area contributed by atoms with Gasteiger partial charge >= 0.3 is 0 Å². The van der Waals surface area contributed by atoms with Gasteiger partial charge in [-0.25, -0.2) is 0 Å². The normalized spacial score (nSPS) is 14.6. The van der Waals surface area contributed by atoms with Gasteiger partial charge in [0.1, 0.15) is 11.7 Å². The summed E-state index contributed by atoms with van der Waals surface area (Å²) in [4.78, 5) is 13.6. The van der Waals surface area contributed by atoms with Crippen LogP contribution in [-0.2, 0) is 0 Å². The number of anilines is 2. The van der Waals surface area contributed by atoms with Crippen LogP contribution in [0.25, 0.3) is 0 Å². The highest BCUT2D eigenvalue weighted by Gasteiger charge is 2.18. The van der Waals surface area contributed by atoms with E-state index in [1.807, 2.05) is 0 Å².